The normalized spacial score (nSPS) is 14.6. The zero-order valence-corrected chi connectivity index (χ0v) is 14.9. The van der Waals surface area contributed by atoms with Gasteiger partial charge in [-0.3, -0.25) is 4.79 Å². The summed E-state index contributed by atoms with van der Waals surface area (Å²) in [6, 6.07) is 11.3. The van der Waals surface area contributed by atoms with Crippen molar-refractivity contribution in [3.63, 3.8) is 0 Å². The molecule has 0 atom stereocenters. The highest BCUT2D eigenvalue weighted by atomic mass is 35.5. The molecule has 3 rings (SSSR count). The van der Waals surface area contributed by atoms with Crippen molar-refractivity contribution in [2.75, 3.05) is 18.9 Å². The molecule has 0 aromatic heterocycles. The summed E-state index contributed by atoms with van der Waals surface area (Å²) in [6.07, 6.45) is 4.20. The average Bonchev–Trinajstić information content (AvgIpc) is 2.53. The molecule has 24 heavy (non-hydrogen) atoms. The quantitative estimate of drug-likeness (QED) is 0.809. The van der Waals surface area contributed by atoms with Crippen LogP contribution in [0, 0.1) is 0 Å². The standard InChI is InChI=1S/C19H18Cl2N2O/c1-23-9-8-13-3-6-17(10-15(13)12-23)22-19(24)7-4-14-2-5-16(20)11-18(14)21/h2-7,10-11H,8-9,12H2,1H3,(H,22,24)/b7-4+. The molecule has 0 unspecified atom stereocenters. The van der Waals surface area contributed by atoms with Gasteiger partial charge in [0.05, 0.1) is 0 Å². The minimum atomic E-state index is -0.190. The number of halogens is 2. The Hall–Kier alpha value is -1.81. The molecule has 1 N–H and O–H groups in total. The number of fused-ring (bicyclic) bond motifs is 1. The largest absolute Gasteiger partial charge is 0.323 e. The maximum absolute atomic E-state index is 12.1. The molecule has 5 heteroatoms. The van der Waals surface area contributed by atoms with E-state index >= 15 is 0 Å². The smallest absolute Gasteiger partial charge is 0.248 e. The first-order valence-corrected chi connectivity index (χ1v) is 8.51. The summed E-state index contributed by atoms with van der Waals surface area (Å²) >= 11 is 12.0. The number of anilines is 1. The van der Waals surface area contributed by atoms with Gasteiger partial charge in [-0.05, 0) is 60.5 Å². The minimum absolute atomic E-state index is 0.190. The zero-order chi connectivity index (χ0) is 17.1. The van der Waals surface area contributed by atoms with Gasteiger partial charge in [0.2, 0.25) is 5.91 Å². The van der Waals surface area contributed by atoms with Crippen LogP contribution in [0.1, 0.15) is 16.7 Å². The van der Waals surface area contributed by atoms with Crippen LogP contribution in [-0.4, -0.2) is 24.4 Å². The van der Waals surface area contributed by atoms with E-state index in [0.29, 0.717) is 10.0 Å². The molecule has 0 saturated heterocycles. The number of likely N-dealkylation sites (N-methyl/N-ethyl adjacent to an activating group) is 1. The van der Waals surface area contributed by atoms with E-state index in [1.54, 1.807) is 24.3 Å². The molecule has 1 aliphatic heterocycles. The van der Waals surface area contributed by atoms with Gasteiger partial charge in [0.25, 0.3) is 0 Å². The lowest BCUT2D eigenvalue weighted by atomic mass is 9.99. The Bertz CT molecular complexity index is 802. The van der Waals surface area contributed by atoms with Gasteiger partial charge in [0.15, 0.2) is 0 Å². The number of nitrogens with one attached hydrogen (secondary N) is 1. The molecule has 3 nitrogen and oxygen atoms in total. The van der Waals surface area contributed by atoms with E-state index in [9.17, 15) is 4.79 Å². The summed E-state index contributed by atoms with van der Waals surface area (Å²) in [5.74, 6) is -0.190. The van der Waals surface area contributed by atoms with Gasteiger partial charge in [0, 0.05) is 34.9 Å². The third kappa shape index (κ3) is 4.18. The average molecular weight is 361 g/mol. The molecule has 0 spiro atoms. The van der Waals surface area contributed by atoms with Crippen LogP contribution in [-0.2, 0) is 17.8 Å². The summed E-state index contributed by atoms with van der Waals surface area (Å²) < 4.78 is 0. The van der Waals surface area contributed by atoms with Crippen LogP contribution in [0.2, 0.25) is 10.0 Å². The number of rotatable bonds is 3. The number of benzene rings is 2. The zero-order valence-electron chi connectivity index (χ0n) is 13.4. The minimum Gasteiger partial charge on any atom is -0.323 e. The molecule has 2 aromatic rings. The molecular formula is C19H18Cl2N2O. The summed E-state index contributed by atoms with van der Waals surface area (Å²) in [5, 5.41) is 3.98. The van der Waals surface area contributed by atoms with E-state index in [-0.39, 0.29) is 5.91 Å². The molecule has 124 valence electrons. The summed E-state index contributed by atoms with van der Waals surface area (Å²) in [4.78, 5) is 14.4. The second-order valence-corrected chi connectivity index (χ2v) is 6.80. The lowest BCUT2D eigenvalue weighted by Crippen LogP contribution is -2.26. The van der Waals surface area contributed by atoms with Gasteiger partial charge in [-0.25, -0.2) is 0 Å². The predicted octanol–water partition coefficient (Wildman–Crippen LogP) is 4.63. The Kier molecular flexibility index (Phi) is 5.24. The van der Waals surface area contributed by atoms with Crippen LogP contribution in [0.5, 0.6) is 0 Å². The highest BCUT2D eigenvalue weighted by Crippen LogP contribution is 2.23. The lowest BCUT2D eigenvalue weighted by Gasteiger charge is -2.25. The van der Waals surface area contributed by atoms with E-state index < -0.39 is 0 Å². The fourth-order valence-corrected chi connectivity index (χ4v) is 3.23. The molecule has 0 radical (unpaired) electrons. The Morgan fingerprint density at radius 1 is 1.17 bits per heavy atom. The van der Waals surface area contributed by atoms with E-state index in [2.05, 4.69) is 23.3 Å². The van der Waals surface area contributed by atoms with Crippen molar-refractivity contribution in [3.8, 4) is 0 Å². The van der Waals surface area contributed by atoms with Crippen molar-refractivity contribution in [2.24, 2.45) is 0 Å². The second-order valence-electron chi connectivity index (χ2n) is 5.96. The maximum Gasteiger partial charge on any atom is 0.248 e. The third-order valence-electron chi connectivity index (χ3n) is 4.05. The van der Waals surface area contributed by atoms with Crippen LogP contribution in [0.4, 0.5) is 5.69 Å². The molecule has 0 fully saturated rings. The fourth-order valence-electron chi connectivity index (χ4n) is 2.76. The highest BCUT2D eigenvalue weighted by molar-refractivity contribution is 6.35. The van der Waals surface area contributed by atoms with Crippen LogP contribution in [0.3, 0.4) is 0 Å². The maximum atomic E-state index is 12.1. The topological polar surface area (TPSA) is 32.3 Å². The SMILES string of the molecule is CN1CCc2ccc(NC(=O)/C=C/c3ccc(Cl)cc3Cl)cc2C1. The first-order valence-electron chi connectivity index (χ1n) is 7.76. The second kappa shape index (κ2) is 7.39. The lowest BCUT2D eigenvalue weighted by molar-refractivity contribution is -0.111. The summed E-state index contributed by atoms with van der Waals surface area (Å²) in [6.45, 7) is 1.98. The fraction of sp³-hybridized carbons (Fsp3) is 0.211. The molecular weight excluding hydrogens is 343 g/mol. The molecule has 1 heterocycles. The van der Waals surface area contributed by atoms with E-state index in [1.165, 1.54) is 17.2 Å². The van der Waals surface area contributed by atoms with Gasteiger partial charge in [-0.2, -0.15) is 0 Å². The van der Waals surface area contributed by atoms with E-state index in [4.69, 9.17) is 23.2 Å². The highest BCUT2D eigenvalue weighted by Gasteiger charge is 2.13. The molecule has 0 saturated carbocycles. The van der Waals surface area contributed by atoms with Crippen molar-refractivity contribution in [2.45, 2.75) is 13.0 Å². The van der Waals surface area contributed by atoms with E-state index in [0.717, 1.165) is 30.8 Å². The van der Waals surface area contributed by atoms with Crippen molar-refractivity contribution in [3.05, 3.63) is 69.2 Å². The molecule has 1 aliphatic rings. The Labute approximate surface area is 151 Å². The Morgan fingerprint density at radius 3 is 2.79 bits per heavy atom. The van der Waals surface area contributed by atoms with Crippen LogP contribution < -0.4 is 5.32 Å². The first kappa shape index (κ1) is 17.0. The monoisotopic (exact) mass is 360 g/mol. The molecule has 0 aliphatic carbocycles. The number of nitrogens with zero attached hydrogens (tertiary/aromatic N) is 1. The number of amides is 1. The number of hydrogen-bond acceptors (Lipinski definition) is 2. The first-order chi connectivity index (χ1) is 11.5. The molecule has 1 amide bonds. The Morgan fingerprint density at radius 2 is 2.00 bits per heavy atom. The van der Waals surface area contributed by atoms with Gasteiger partial charge in [-0.15, -0.1) is 0 Å². The summed E-state index contributed by atoms with van der Waals surface area (Å²) in [5.41, 5.74) is 4.19. The Balaban J connectivity index is 1.68. The van der Waals surface area contributed by atoms with Crippen LogP contribution in [0.15, 0.2) is 42.5 Å². The number of carbonyl (C=O) groups excluding carboxylic acids is 1. The van der Waals surface area contributed by atoms with Gasteiger partial charge >= 0.3 is 0 Å². The van der Waals surface area contributed by atoms with Crippen molar-refractivity contribution < 1.29 is 4.79 Å². The summed E-state index contributed by atoms with van der Waals surface area (Å²) in [7, 11) is 2.10. The van der Waals surface area contributed by atoms with Crippen molar-refractivity contribution in [1.29, 1.82) is 0 Å². The van der Waals surface area contributed by atoms with Crippen LogP contribution >= 0.6 is 23.2 Å². The molecule has 0 bridgehead atoms. The van der Waals surface area contributed by atoms with Crippen LogP contribution in [0.25, 0.3) is 6.08 Å². The van der Waals surface area contributed by atoms with Gasteiger partial charge in [0.1, 0.15) is 0 Å². The van der Waals surface area contributed by atoms with Gasteiger partial charge in [-0.1, -0.05) is 35.3 Å². The third-order valence-corrected chi connectivity index (χ3v) is 4.62. The predicted molar refractivity (Wildman–Crippen MR) is 101 cm³/mol. The molecule has 2 aromatic carbocycles. The van der Waals surface area contributed by atoms with Crippen molar-refractivity contribution >= 4 is 40.9 Å². The van der Waals surface area contributed by atoms with E-state index in [1.807, 2.05) is 12.1 Å². The number of hydrogen-bond donors (Lipinski definition) is 1. The van der Waals surface area contributed by atoms with Gasteiger partial charge < -0.3 is 10.2 Å². The van der Waals surface area contributed by atoms with Crippen molar-refractivity contribution in [1.82, 2.24) is 4.90 Å². The number of carbonyl (C=O) groups is 1.